The summed E-state index contributed by atoms with van der Waals surface area (Å²) < 4.78 is 0. The van der Waals surface area contributed by atoms with Gasteiger partial charge in [-0.3, -0.25) is 4.79 Å². The van der Waals surface area contributed by atoms with Crippen LogP contribution in [0.3, 0.4) is 0 Å². The van der Waals surface area contributed by atoms with E-state index in [4.69, 9.17) is 15.9 Å². The highest BCUT2D eigenvalue weighted by Gasteiger charge is 2.39. The molecule has 0 spiro atoms. The second kappa shape index (κ2) is 3.51. The summed E-state index contributed by atoms with van der Waals surface area (Å²) >= 11 is 0. The minimum absolute atomic E-state index is 0.00493. The molecule has 5 nitrogen and oxygen atoms in total. The van der Waals surface area contributed by atoms with Gasteiger partial charge in [0.15, 0.2) is 0 Å². The van der Waals surface area contributed by atoms with E-state index >= 15 is 0 Å². The predicted molar refractivity (Wildman–Crippen MR) is 53.2 cm³/mol. The third-order valence-electron chi connectivity index (χ3n) is 2.57. The Kier molecular flexibility index (Phi) is 2.68. The van der Waals surface area contributed by atoms with E-state index in [0.29, 0.717) is 0 Å². The molecule has 2 unspecified atom stereocenters. The van der Waals surface area contributed by atoms with Gasteiger partial charge < -0.3 is 15.9 Å². The first kappa shape index (κ1) is 11.5. The van der Waals surface area contributed by atoms with Gasteiger partial charge >= 0.3 is 11.9 Å². The van der Waals surface area contributed by atoms with E-state index in [1.54, 1.807) is 6.92 Å². The van der Waals surface area contributed by atoms with E-state index in [-0.39, 0.29) is 11.1 Å². The monoisotopic (exact) mass is 211 g/mol. The Hall–Kier alpha value is -1.62. The highest BCUT2D eigenvalue weighted by molar-refractivity contribution is 5.93. The second-order valence-electron chi connectivity index (χ2n) is 3.87. The Labute approximate surface area is 86.9 Å². The number of aliphatic carboxylic acids is 2. The molecule has 0 aromatic carbocycles. The maximum Gasteiger partial charge on any atom is 0.335 e. The molecule has 1 aliphatic carbocycles. The van der Waals surface area contributed by atoms with Crippen LogP contribution in [0, 0.1) is 5.92 Å². The minimum Gasteiger partial charge on any atom is -0.481 e. The van der Waals surface area contributed by atoms with E-state index in [0.717, 1.165) is 0 Å². The Morgan fingerprint density at radius 1 is 1.47 bits per heavy atom. The van der Waals surface area contributed by atoms with Gasteiger partial charge in [-0.2, -0.15) is 0 Å². The van der Waals surface area contributed by atoms with Gasteiger partial charge in [-0.15, -0.1) is 0 Å². The maximum atomic E-state index is 11.0. The molecule has 0 heterocycles. The lowest BCUT2D eigenvalue weighted by molar-refractivity contribution is -0.141. The average Bonchev–Trinajstić information content (AvgIpc) is 2.00. The summed E-state index contributed by atoms with van der Waals surface area (Å²) in [6, 6.07) is 0. The van der Waals surface area contributed by atoms with Crippen LogP contribution >= 0.6 is 0 Å². The number of carbonyl (C=O) groups is 2. The van der Waals surface area contributed by atoms with Crippen LogP contribution < -0.4 is 5.73 Å². The number of nitrogens with two attached hydrogens (primary N) is 1. The number of carboxylic acids is 2. The molecule has 0 aromatic rings. The molecular formula is C10H13NO4. The summed E-state index contributed by atoms with van der Waals surface area (Å²) in [5.41, 5.74) is 5.02. The molecule has 15 heavy (non-hydrogen) atoms. The molecule has 0 bridgehead atoms. The van der Waals surface area contributed by atoms with Crippen molar-refractivity contribution in [1.29, 1.82) is 0 Å². The third-order valence-corrected chi connectivity index (χ3v) is 2.57. The molecule has 1 rings (SSSR count). The van der Waals surface area contributed by atoms with E-state index in [9.17, 15) is 9.59 Å². The molecule has 0 aliphatic heterocycles. The molecule has 0 amide bonds. The van der Waals surface area contributed by atoms with Gasteiger partial charge in [-0.1, -0.05) is 6.08 Å². The molecule has 0 saturated heterocycles. The Balaban J connectivity index is 3.27. The van der Waals surface area contributed by atoms with Crippen molar-refractivity contribution in [1.82, 2.24) is 0 Å². The van der Waals surface area contributed by atoms with Crippen LogP contribution in [-0.2, 0) is 9.59 Å². The first-order valence-corrected chi connectivity index (χ1v) is 4.42. The number of hydrogen-bond donors (Lipinski definition) is 3. The van der Waals surface area contributed by atoms with Gasteiger partial charge in [0.25, 0.3) is 0 Å². The van der Waals surface area contributed by atoms with Crippen LogP contribution in [0.25, 0.3) is 0 Å². The normalized spacial score (nSPS) is 30.5. The zero-order chi connectivity index (χ0) is 11.8. The van der Waals surface area contributed by atoms with Crippen LogP contribution in [0.1, 0.15) is 13.8 Å². The Morgan fingerprint density at radius 2 is 2.00 bits per heavy atom. The summed E-state index contributed by atoms with van der Waals surface area (Å²) in [5, 5.41) is 17.8. The smallest absolute Gasteiger partial charge is 0.335 e. The van der Waals surface area contributed by atoms with Gasteiger partial charge in [-0.25, -0.2) is 4.79 Å². The molecule has 2 atom stereocenters. The zero-order valence-corrected chi connectivity index (χ0v) is 8.52. The SMILES string of the molecule is CC1=C(C(=O)O)C=CC(C)(N)C1C(=O)O. The number of rotatable bonds is 2. The van der Waals surface area contributed by atoms with Gasteiger partial charge in [0.2, 0.25) is 0 Å². The minimum atomic E-state index is -1.13. The van der Waals surface area contributed by atoms with E-state index in [2.05, 4.69) is 0 Å². The fourth-order valence-electron chi connectivity index (χ4n) is 1.80. The van der Waals surface area contributed by atoms with Crippen molar-refractivity contribution in [2.45, 2.75) is 19.4 Å². The van der Waals surface area contributed by atoms with Gasteiger partial charge in [0, 0.05) is 5.54 Å². The molecule has 0 aromatic heterocycles. The maximum absolute atomic E-state index is 11.0. The van der Waals surface area contributed by atoms with Gasteiger partial charge in [0.05, 0.1) is 11.5 Å². The summed E-state index contributed by atoms with van der Waals surface area (Å²) in [6.45, 7) is 3.04. The molecule has 82 valence electrons. The van der Waals surface area contributed by atoms with Crippen LogP contribution in [0.2, 0.25) is 0 Å². The lowest BCUT2D eigenvalue weighted by atomic mass is 9.76. The third kappa shape index (κ3) is 1.92. The highest BCUT2D eigenvalue weighted by Crippen LogP contribution is 2.31. The van der Waals surface area contributed by atoms with Crippen molar-refractivity contribution < 1.29 is 19.8 Å². The average molecular weight is 211 g/mol. The molecule has 0 fully saturated rings. The Morgan fingerprint density at radius 3 is 2.40 bits per heavy atom. The van der Waals surface area contributed by atoms with Crippen molar-refractivity contribution in [3.05, 3.63) is 23.3 Å². The van der Waals surface area contributed by atoms with Crippen LogP contribution in [0.15, 0.2) is 23.3 Å². The first-order valence-electron chi connectivity index (χ1n) is 4.42. The standard InChI is InChI=1S/C10H13NO4/c1-5-6(8(12)13)3-4-10(2,11)7(5)9(14)15/h3-4,7H,11H2,1-2H3,(H,12,13)(H,14,15). The fourth-order valence-corrected chi connectivity index (χ4v) is 1.80. The van der Waals surface area contributed by atoms with E-state index < -0.39 is 23.4 Å². The topological polar surface area (TPSA) is 101 Å². The highest BCUT2D eigenvalue weighted by atomic mass is 16.4. The van der Waals surface area contributed by atoms with E-state index in [1.807, 2.05) is 0 Å². The summed E-state index contributed by atoms with van der Waals surface area (Å²) in [4.78, 5) is 21.8. The second-order valence-corrected chi connectivity index (χ2v) is 3.87. The lowest BCUT2D eigenvalue weighted by Crippen LogP contribution is -2.48. The molecule has 1 aliphatic rings. The summed E-state index contributed by atoms with van der Waals surface area (Å²) in [5.74, 6) is -3.24. The van der Waals surface area contributed by atoms with Gasteiger partial charge in [0.1, 0.15) is 0 Å². The predicted octanol–water partition coefficient (Wildman–Crippen LogP) is 0.376. The molecule has 5 heteroatoms. The zero-order valence-electron chi connectivity index (χ0n) is 8.52. The van der Waals surface area contributed by atoms with Crippen LogP contribution in [-0.4, -0.2) is 27.7 Å². The fraction of sp³-hybridized carbons (Fsp3) is 0.400. The van der Waals surface area contributed by atoms with Crippen molar-refractivity contribution in [2.75, 3.05) is 0 Å². The van der Waals surface area contributed by atoms with E-state index in [1.165, 1.54) is 19.1 Å². The van der Waals surface area contributed by atoms with Gasteiger partial charge in [-0.05, 0) is 25.5 Å². The van der Waals surface area contributed by atoms with Crippen LogP contribution in [0.5, 0.6) is 0 Å². The largest absolute Gasteiger partial charge is 0.481 e. The van der Waals surface area contributed by atoms with Crippen LogP contribution in [0.4, 0.5) is 0 Å². The van der Waals surface area contributed by atoms with Crippen molar-refractivity contribution in [3.8, 4) is 0 Å². The first-order chi connectivity index (χ1) is 6.77. The molecule has 0 saturated carbocycles. The number of carboxylic acid groups (broad SMARTS) is 2. The quantitative estimate of drug-likeness (QED) is 0.612. The Bertz CT molecular complexity index is 379. The molecular weight excluding hydrogens is 198 g/mol. The summed E-state index contributed by atoms with van der Waals surface area (Å²) in [7, 11) is 0. The molecule has 0 radical (unpaired) electrons. The van der Waals surface area contributed by atoms with Crippen molar-refractivity contribution in [3.63, 3.8) is 0 Å². The number of hydrogen-bond acceptors (Lipinski definition) is 3. The van der Waals surface area contributed by atoms with Crippen molar-refractivity contribution >= 4 is 11.9 Å². The van der Waals surface area contributed by atoms with Crippen molar-refractivity contribution in [2.24, 2.45) is 11.7 Å². The lowest BCUT2D eigenvalue weighted by Gasteiger charge is -2.32. The molecule has 4 N–H and O–H groups in total. The summed E-state index contributed by atoms with van der Waals surface area (Å²) in [6.07, 6.45) is 2.78.